The van der Waals surface area contributed by atoms with E-state index < -0.39 is 0 Å². The first-order valence-corrected chi connectivity index (χ1v) is 16.7. The summed E-state index contributed by atoms with van der Waals surface area (Å²) in [7, 11) is 0. The van der Waals surface area contributed by atoms with Crippen LogP contribution in [-0.4, -0.2) is 32.0 Å². The van der Waals surface area contributed by atoms with Crippen LogP contribution in [0.25, 0.3) is 0 Å². The zero-order valence-corrected chi connectivity index (χ0v) is 25.9. The largest absolute Gasteiger partial charge is 0.447 e. The molecule has 4 nitrogen and oxygen atoms in total. The molecule has 0 aliphatic heterocycles. The second kappa shape index (κ2) is 13.3. The van der Waals surface area contributed by atoms with Crippen LogP contribution in [0.4, 0.5) is 4.79 Å². The normalized spacial score (nSPS) is 39.2. The molecule has 4 saturated carbocycles. The highest BCUT2D eigenvalue weighted by Gasteiger charge is 2.60. The van der Waals surface area contributed by atoms with Crippen molar-refractivity contribution < 1.29 is 14.3 Å². The van der Waals surface area contributed by atoms with Crippen molar-refractivity contribution in [1.82, 2.24) is 5.32 Å². The maximum absolute atomic E-state index is 11.8. The number of hydrogen-bond acceptors (Lipinski definition) is 3. The SMILES string of the molecule is CCCCNC(=O)OCCOC1CC[C@@]2(C)C(CC[C@H]3[C@@H]4CC[C@H]([C@H](C)CCCC(C)C)[C@@]4(C)CC[C@@H]32)C1. The molecule has 9 atom stereocenters. The van der Waals surface area contributed by atoms with Crippen molar-refractivity contribution in [2.45, 2.75) is 138 Å². The Balaban J connectivity index is 1.26. The second-order valence-corrected chi connectivity index (χ2v) is 14.9. The molecule has 0 radical (unpaired) electrons. The molecule has 0 saturated heterocycles. The highest BCUT2D eigenvalue weighted by atomic mass is 16.6. The van der Waals surface area contributed by atoms with E-state index in [2.05, 4.69) is 46.9 Å². The molecule has 0 aromatic carbocycles. The van der Waals surface area contributed by atoms with Gasteiger partial charge in [-0.2, -0.15) is 0 Å². The molecule has 0 aromatic heterocycles. The topological polar surface area (TPSA) is 47.6 Å². The van der Waals surface area contributed by atoms with Gasteiger partial charge in [-0.25, -0.2) is 4.79 Å². The van der Waals surface area contributed by atoms with Crippen LogP contribution >= 0.6 is 0 Å². The van der Waals surface area contributed by atoms with Crippen LogP contribution in [0.2, 0.25) is 0 Å². The van der Waals surface area contributed by atoms with Crippen LogP contribution in [0, 0.1) is 52.3 Å². The van der Waals surface area contributed by atoms with Crippen LogP contribution in [0.5, 0.6) is 0 Å². The van der Waals surface area contributed by atoms with Crippen molar-refractivity contribution in [3.63, 3.8) is 0 Å². The van der Waals surface area contributed by atoms with Crippen molar-refractivity contribution in [2.24, 2.45) is 52.3 Å². The molecule has 220 valence electrons. The van der Waals surface area contributed by atoms with E-state index in [4.69, 9.17) is 9.47 Å². The molecular weight excluding hydrogens is 470 g/mol. The minimum Gasteiger partial charge on any atom is -0.447 e. The van der Waals surface area contributed by atoms with Crippen LogP contribution in [-0.2, 0) is 9.47 Å². The molecule has 0 spiro atoms. The van der Waals surface area contributed by atoms with Gasteiger partial charge in [0.15, 0.2) is 0 Å². The fourth-order valence-corrected chi connectivity index (χ4v) is 10.2. The summed E-state index contributed by atoms with van der Waals surface area (Å²) in [5, 5.41) is 2.81. The molecule has 1 amide bonds. The Morgan fingerprint density at radius 1 is 0.895 bits per heavy atom. The number of amides is 1. The molecular formula is C34H61NO3. The van der Waals surface area contributed by atoms with Gasteiger partial charge in [0, 0.05) is 6.54 Å². The predicted molar refractivity (Wildman–Crippen MR) is 157 cm³/mol. The van der Waals surface area contributed by atoms with Crippen LogP contribution in [0.1, 0.15) is 131 Å². The Bertz CT molecular complexity index is 754. The summed E-state index contributed by atoms with van der Waals surface area (Å²) in [4.78, 5) is 11.8. The number of ether oxygens (including phenoxy) is 2. The zero-order chi connectivity index (χ0) is 27.3. The molecule has 4 heteroatoms. The predicted octanol–water partition coefficient (Wildman–Crippen LogP) is 9.02. The Hall–Kier alpha value is -0.770. The third-order valence-corrected chi connectivity index (χ3v) is 12.3. The van der Waals surface area contributed by atoms with Crippen LogP contribution in [0.15, 0.2) is 0 Å². The first-order chi connectivity index (χ1) is 18.2. The number of rotatable bonds is 12. The average Bonchev–Trinajstić information content (AvgIpc) is 3.24. The Labute approximate surface area is 235 Å². The molecule has 1 N–H and O–H groups in total. The fourth-order valence-electron chi connectivity index (χ4n) is 10.2. The summed E-state index contributed by atoms with van der Waals surface area (Å²) >= 11 is 0. The van der Waals surface area contributed by atoms with Gasteiger partial charge in [0.2, 0.25) is 0 Å². The molecule has 4 aliphatic carbocycles. The van der Waals surface area contributed by atoms with Crippen LogP contribution in [0.3, 0.4) is 0 Å². The van der Waals surface area contributed by atoms with Gasteiger partial charge < -0.3 is 14.8 Å². The van der Waals surface area contributed by atoms with Gasteiger partial charge in [-0.05, 0) is 116 Å². The second-order valence-electron chi connectivity index (χ2n) is 14.9. The molecule has 0 bridgehead atoms. The summed E-state index contributed by atoms with van der Waals surface area (Å²) < 4.78 is 11.6. The molecule has 0 heterocycles. The maximum Gasteiger partial charge on any atom is 0.407 e. The smallest absolute Gasteiger partial charge is 0.407 e. The monoisotopic (exact) mass is 531 g/mol. The third kappa shape index (κ3) is 6.58. The van der Waals surface area contributed by atoms with Gasteiger partial charge in [-0.3, -0.25) is 0 Å². The van der Waals surface area contributed by atoms with Gasteiger partial charge in [0.1, 0.15) is 6.61 Å². The van der Waals surface area contributed by atoms with Crippen LogP contribution < -0.4 is 5.32 Å². The fraction of sp³-hybridized carbons (Fsp3) is 0.971. The molecule has 4 aliphatic rings. The number of unbranched alkanes of at least 4 members (excludes halogenated alkanes) is 1. The molecule has 2 unspecified atom stereocenters. The number of carbonyl (C=O) groups excluding carboxylic acids is 1. The lowest BCUT2D eigenvalue weighted by molar-refractivity contribution is -0.138. The van der Waals surface area contributed by atoms with Crippen molar-refractivity contribution in [1.29, 1.82) is 0 Å². The van der Waals surface area contributed by atoms with E-state index in [-0.39, 0.29) is 6.09 Å². The van der Waals surface area contributed by atoms with E-state index >= 15 is 0 Å². The molecule has 4 rings (SSSR count). The average molecular weight is 532 g/mol. The lowest BCUT2D eigenvalue weighted by atomic mass is 9.44. The third-order valence-electron chi connectivity index (χ3n) is 12.3. The Morgan fingerprint density at radius 2 is 1.66 bits per heavy atom. The van der Waals surface area contributed by atoms with Gasteiger partial charge in [0.05, 0.1) is 12.7 Å². The van der Waals surface area contributed by atoms with E-state index in [9.17, 15) is 4.79 Å². The van der Waals surface area contributed by atoms with E-state index in [0.29, 0.717) is 36.7 Å². The van der Waals surface area contributed by atoms with Crippen molar-refractivity contribution in [3.05, 3.63) is 0 Å². The molecule has 38 heavy (non-hydrogen) atoms. The van der Waals surface area contributed by atoms with Gasteiger partial charge in [-0.1, -0.05) is 67.2 Å². The summed E-state index contributed by atoms with van der Waals surface area (Å²) in [5.41, 5.74) is 1.09. The summed E-state index contributed by atoms with van der Waals surface area (Å²) in [6, 6.07) is 0. The molecule has 4 fully saturated rings. The number of nitrogens with one attached hydrogen (secondary N) is 1. The van der Waals surface area contributed by atoms with Crippen molar-refractivity contribution in [3.8, 4) is 0 Å². The lowest BCUT2D eigenvalue weighted by Crippen LogP contribution is -2.54. The number of fused-ring (bicyclic) bond motifs is 5. The van der Waals surface area contributed by atoms with Gasteiger partial charge >= 0.3 is 6.09 Å². The summed E-state index contributed by atoms with van der Waals surface area (Å²) in [5.74, 6) is 6.34. The number of alkyl carbamates (subject to hydrolysis) is 1. The van der Waals surface area contributed by atoms with Gasteiger partial charge in [-0.15, -0.1) is 0 Å². The number of carbonyl (C=O) groups is 1. The summed E-state index contributed by atoms with van der Waals surface area (Å²) in [6.07, 6.45) is 18.8. The lowest BCUT2D eigenvalue weighted by Gasteiger charge is -2.61. The van der Waals surface area contributed by atoms with Gasteiger partial charge in [0.25, 0.3) is 0 Å². The first kappa shape index (κ1) is 30.2. The minimum atomic E-state index is -0.306. The zero-order valence-electron chi connectivity index (χ0n) is 25.9. The van der Waals surface area contributed by atoms with E-state index in [0.717, 1.165) is 54.3 Å². The van der Waals surface area contributed by atoms with E-state index in [1.807, 2.05) is 0 Å². The first-order valence-electron chi connectivity index (χ1n) is 16.7. The highest BCUT2D eigenvalue weighted by Crippen LogP contribution is 2.68. The standard InChI is InChI=1S/C34H61NO3/c1-7-8-20-35-32(36)38-22-21-37-27-16-18-33(5)26(23-27)12-13-28-30-15-14-29(25(4)11-9-10-24(2)3)34(30,6)19-17-31(28)33/h24-31H,7-23H2,1-6H3,(H,35,36)/t25-,26?,27?,28+,29-,30+,31+,33+,34-/m1/s1. The number of hydrogen-bond donors (Lipinski definition) is 1. The Kier molecular flexibility index (Phi) is 10.5. The van der Waals surface area contributed by atoms with E-state index in [1.165, 1.54) is 77.0 Å². The quantitative estimate of drug-likeness (QED) is 0.256. The minimum absolute atomic E-state index is 0.306. The molecule has 0 aromatic rings. The highest BCUT2D eigenvalue weighted by molar-refractivity contribution is 5.66. The van der Waals surface area contributed by atoms with E-state index in [1.54, 1.807) is 0 Å². The summed E-state index contributed by atoms with van der Waals surface area (Å²) in [6.45, 7) is 16.4. The van der Waals surface area contributed by atoms with Crippen molar-refractivity contribution >= 4 is 6.09 Å². The van der Waals surface area contributed by atoms with Crippen molar-refractivity contribution in [2.75, 3.05) is 19.8 Å². The Morgan fingerprint density at radius 3 is 2.42 bits per heavy atom. The maximum atomic E-state index is 11.8.